The normalized spacial score (nSPS) is 23.3. The van der Waals surface area contributed by atoms with Crippen molar-refractivity contribution in [3.05, 3.63) is 71.8 Å². The van der Waals surface area contributed by atoms with Gasteiger partial charge in [0.05, 0.1) is 12.7 Å². The molecule has 1 saturated heterocycles. The molecule has 2 aromatic carbocycles. The van der Waals surface area contributed by atoms with Crippen molar-refractivity contribution >= 4 is 11.9 Å². The van der Waals surface area contributed by atoms with E-state index < -0.39 is 18.2 Å². The molecule has 6 nitrogen and oxygen atoms in total. The lowest BCUT2D eigenvalue weighted by atomic mass is 10.0. The maximum absolute atomic E-state index is 11.7. The number of carbonyl (C=O) groups excluding carboxylic acids is 2. The highest BCUT2D eigenvalue weighted by atomic mass is 16.7. The van der Waals surface area contributed by atoms with E-state index in [0.29, 0.717) is 26.0 Å². The molecule has 2 aliphatic heterocycles. The summed E-state index contributed by atoms with van der Waals surface area (Å²) in [4.78, 5) is 28.5. The van der Waals surface area contributed by atoms with Crippen LogP contribution in [0, 0.1) is 6.92 Å². The van der Waals surface area contributed by atoms with Gasteiger partial charge in [-0.1, -0.05) is 59.2 Å². The average molecular weight is 393 g/mol. The lowest BCUT2D eigenvalue weighted by Crippen LogP contribution is -2.48. The van der Waals surface area contributed by atoms with Crippen LogP contribution in [0.2, 0.25) is 0 Å². The molecule has 1 fully saturated rings. The first-order valence-electron chi connectivity index (χ1n) is 9.72. The molecule has 150 valence electrons. The summed E-state index contributed by atoms with van der Waals surface area (Å²) in [5.41, 5.74) is 4.67. The third-order valence-electron chi connectivity index (χ3n) is 5.10. The summed E-state index contributed by atoms with van der Waals surface area (Å²) in [6.45, 7) is 3.00. The molecule has 0 bridgehead atoms. The number of hydrogen-bond donors (Lipinski definition) is 0. The second-order valence-electron chi connectivity index (χ2n) is 7.30. The Bertz CT molecular complexity index is 904. The standard InChI is InChI=1S/C23H23NO5/c1-16-2-6-18(7-3-16)19-8-4-17(5-9-19)15-27-20-12-13-24-21(14-20)28-22(25)10-11-23(26)29-24/h2-11,20-21H,12-15H2,1H3/b11-10+. The summed E-state index contributed by atoms with van der Waals surface area (Å²) in [6.07, 6.45) is 2.59. The monoisotopic (exact) mass is 393 g/mol. The number of hydroxylamine groups is 2. The van der Waals surface area contributed by atoms with Gasteiger partial charge in [0, 0.05) is 25.1 Å². The first-order chi connectivity index (χ1) is 14.1. The summed E-state index contributed by atoms with van der Waals surface area (Å²) in [5.74, 6) is -1.12. The zero-order valence-corrected chi connectivity index (χ0v) is 16.2. The zero-order chi connectivity index (χ0) is 20.2. The minimum Gasteiger partial charge on any atom is -0.440 e. The van der Waals surface area contributed by atoms with E-state index in [2.05, 4.69) is 55.5 Å². The van der Waals surface area contributed by atoms with Gasteiger partial charge in [0.25, 0.3) is 0 Å². The predicted octanol–water partition coefficient (Wildman–Crippen LogP) is 3.54. The van der Waals surface area contributed by atoms with Crippen LogP contribution in [-0.4, -0.2) is 35.9 Å². The molecule has 0 saturated carbocycles. The molecule has 0 N–H and O–H groups in total. The van der Waals surface area contributed by atoms with Crippen LogP contribution in [0.3, 0.4) is 0 Å². The average Bonchev–Trinajstić information content (AvgIpc) is 2.72. The van der Waals surface area contributed by atoms with Crippen molar-refractivity contribution < 1.29 is 23.9 Å². The van der Waals surface area contributed by atoms with Crippen LogP contribution < -0.4 is 0 Å². The van der Waals surface area contributed by atoms with Gasteiger partial charge in [-0.15, -0.1) is 0 Å². The summed E-state index contributed by atoms with van der Waals surface area (Å²) >= 11 is 0. The fraction of sp³-hybridized carbons (Fsp3) is 0.304. The number of aryl methyl sites for hydroxylation is 1. The van der Waals surface area contributed by atoms with Gasteiger partial charge in [-0.3, -0.25) is 0 Å². The Morgan fingerprint density at radius 3 is 2.34 bits per heavy atom. The van der Waals surface area contributed by atoms with E-state index in [-0.39, 0.29) is 6.10 Å². The molecule has 29 heavy (non-hydrogen) atoms. The molecule has 2 aromatic rings. The van der Waals surface area contributed by atoms with Crippen LogP contribution in [0.1, 0.15) is 24.0 Å². The number of ether oxygens (including phenoxy) is 2. The van der Waals surface area contributed by atoms with Crippen molar-refractivity contribution in [2.75, 3.05) is 6.54 Å². The molecule has 0 radical (unpaired) electrons. The van der Waals surface area contributed by atoms with E-state index >= 15 is 0 Å². The number of carbonyl (C=O) groups is 2. The van der Waals surface area contributed by atoms with Gasteiger partial charge < -0.3 is 14.3 Å². The zero-order valence-electron chi connectivity index (χ0n) is 16.2. The van der Waals surface area contributed by atoms with Crippen molar-refractivity contribution in [2.45, 2.75) is 38.7 Å². The molecule has 2 aliphatic rings. The van der Waals surface area contributed by atoms with Gasteiger partial charge in [-0.05, 0) is 30.0 Å². The summed E-state index contributed by atoms with van der Waals surface area (Å²) in [7, 11) is 0. The highest BCUT2D eigenvalue weighted by Gasteiger charge is 2.35. The molecule has 2 unspecified atom stereocenters. The number of benzene rings is 2. The van der Waals surface area contributed by atoms with E-state index in [1.807, 2.05) is 0 Å². The van der Waals surface area contributed by atoms with E-state index in [4.69, 9.17) is 14.3 Å². The highest BCUT2D eigenvalue weighted by Crippen LogP contribution is 2.25. The van der Waals surface area contributed by atoms with Gasteiger partial charge in [0.2, 0.25) is 0 Å². The van der Waals surface area contributed by atoms with Gasteiger partial charge in [0.15, 0.2) is 6.23 Å². The van der Waals surface area contributed by atoms with E-state index in [0.717, 1.165) is 17.7 Å². The quantitative estimate of drug-likeness (QED) is 0.741. The molecule has 2 heterocycles. The second kappa shape index (κ2) is 8.59. The van der Waals surface area contributed by atoms with Crippen molar-refractivity contribution in [3.63, 3.8) is 0 Å². The molecule has 0 amide bonds. The Labute approximate surface area is 169 Å². The maximum atomic E-state index is 11.7. The molecule has 4 rings (SSSR count). The van der Waals surface area contributed by atoms with Gasteiger partial charge in [0.1, 0.15) is 0 Å². The van der Waals surface area contributed by atoms with E-state index in [1.54, 1.807) is 0 Å². The van der Waals surface area contributed by atoms with Gasteiger partial charge >= 0.3 is 11.9 Å². The fourth-order valence-corrected chi connectivity index (χ4v) is 3.45. The maximum Gasteiger partial charge on any atom is 0.350 e. The van der Waals surface area contributed by atoms with Crippen molar-refractivity contribution in [1.82, 2.24) is 5.06 Å². The summed E-state index contributed by atoms with van der Waals surface area (Å²) in [5, 5.41) is 1.42. The Morgan fingerprint density at radius 2 is 1.62 bits per heavy atom. The number of nitrogens with zero attached hydrogens (tertiary/aromatic N) is 1. The molecule has 6 heteroatoms. The molecule has 0 spiro atoms. The number of fused-ring (bicyclic) bond motifs is 1. The van der Waals surface area contributed by atoms with E-state index in [1.165, 1.54) is 21.8 Å². The minimum absolute atomic E-state index is 0.0806. The van der Waals surface area contributed by atoms with Gasteiger partial charge in [-0.2, -0.15) is 0 Å². The summed E-state index contributed by atoms with van der Waals surface area (Å²) in [6, 6.07) is 16.8. The van der Waals surface area contributed by atoms with Crippen LogP contribution >= 0.6 is 0 Å². The number of rotatable bonds is 4. The smallest absolute Gasteiger partial charge is 0.350 e. The first-order valence-corrected chi connectivity index (χ1v) is 9.72. The SMILES string of the molecule is Cc1ccc(-c2ccc(COC3CCN4OC(=O)/C=C/C(=O)OC4C3)cc2)cc1. The third kappa shape index (κ3) is 4.91. The van der Waals surface area contributed by atoms with E-state index in [9.17, 15) is 9.59 Å². The van der Waals surface area contributed by atoms with Crippen molar-refractivity contribution in [1.29, 1.82) is 0 Å². The lowest BCUT2D eigenvalue weighted by Gasteiger charge is -2.36. The van der Waals surface area contributed by atoms with Crippen LogP contribution in [0.5, 0.6) is 0 Å². The minimum atomic E-state index is -0.626. The number of hydrogen-bond acceptors (Lipinski definition) is 6. The third-order valence-corrected chi connectivity index (χ3v) is 5.10. The van der Waals surface area contributed by atoms with Crippen LogP contribution in [-0.2, 0) is 30.5 Å². The Balaban J connectivity index is 1.33. The fourth-order valence-electron chi connectivity index (χ4n) is 3.45. The second-order valence-corrected chi connectivity index (χ2v) is 7.30. The summed E-state index contributed by atoms with van der Waals surface area (Å²) < 4.78 is 11.4. The molecule has 0 aliphatic carbocycles. The number of esters is 1. The lowest BCUT2D eigenvalue weighted by molar-refractivity contribution is -0.258. The highest BCUT2D eigenvalue weighted by molar-refractivity contribution is 5.92. The van der Waals surface area contributed by atoms with Crippen LogP contribution in [0.4, 0.5) is 0 Å². The van der Waals surface area contributed by atoms with Crippen LogP contribution in [0.15, 0.2) is 60.7 Å². The Hall–Kier alpha value is -2.96. The largest absolute Gasteiger partial charge is 0.440 e. The first kappa shape index (κ1) is 19.4. The van der Waals surface area contributed by atoms with Crippen molar-refractivity contribution in [2.24, 2.45) is 0 Å². The molecule has 0 aromatic heterocycles. The predicted molar refractivity (Wildman–Crippen MR) is 106 cm³/mol. The molecular weight excluding hydrogens is 370 g/mol. The van der Waals surface area contributed by atoms with Gasteiger partial charge in [-0.25, -0.2) is 9.59 Å². The Kier molecular flexibility index (Phi) is 5.74. The van der Waals surface area contributed by atoms with Crippen LogP contribution in [0.25, 0.3) is 11.1 Å². The number of piperidine rings is 1. The van der Waals surface area contributed by atoms with Crippen molar-refractivity contribution in [3.8, 4) is 11.1 Å². The molecular formula is C23H23NO5. The molecule has 2 atom stereocenters. The topological polar surface area (TPSA) is 65.1 Å². The Morgan fingerprint density at radius 1 is 0.966 bits per heavy atom.